The predicted molar refractivity (Wildman–Crippen MR) is 123 cm³/mol. The summed E-state index contributed by atoms with van der Waals surface area (Å²) in [7, 11) is -1.99. The Bertz CT molecular complexity index is 839. The van der Waals surface area contributed by atoms with Crippen molar-refractivity contribution in [2.24, 2.45) is 0 Å². The lowest BCUT2D eigenvalue weighted by molar-refractivity contribution is 0.0421. The van der Waals surface area contributed by atoms with E-state index < -0.39 is 8.32 Å². The summed E-state index contributed by atoms with van der Waals surface area (Å²) in [5.74, 6) is 0.923. The lowest BCUT2D eigenvalue weighted by atomic mass is 10.3. The molecule has 30 heavy (non-hydrogen) atoms. The smallest absolute Gasteiger partial charge is 0.200 e. The summed E-state index contributed by atoms with van der Waals surface area (Å²) in [6, 6.07) is 0. The first kappa shape index (κ1) is 23.5. The Labute approximate surface area is 184 Å². The van der Waals surface area contributed by atoms with Crippen molar-refractivity contribution in [1.82, 2.24) is 19.7 Å². The van der Waals surface area contributed by atoms with Crippen molar-refractivity contribution in [2.45, 2.75) is 81.9 Å². The Kier molecular flexibility index (Phi) is 7.44. The molecule has 0 spiro atoms. The number of rotatable bonds is 9. The molecule has 2 aromatic heterocycles. The van der Waals surface area contributed by atoms with E-state index in [0.29, 0.717) is 40.4 Å². The number of nitrogens with zero attached hydrogens (tertiary/aromatic N) is 4. The number of anilines is 1. The van der Waals surface area contributed by atoms with Gasteiger partial charge in [0.15, 0.2) is 11.9 Å². The topological polar surface area (TPSA) is 108 Å². The highest BCUT2D eigenvalue weighted by atomic mass is 32.2. The summed E-state index contributed by atoms with van der Waals surface area (Å²) in [6.45, 7) is 14.4. The molecule has 1 aliphatic rings. The molecule has 1 fully saturated rings. The third-order valence-corrected chi connectivity index (χ3v) is 13.2. The van der Waals surface area contributed by atoms with E-state index in [1.807, 2.05) is 0 Å². The number of hydrogen-bond donors (Lipinski definition) is 2. The summed E-state index contributed by atoms with van der Waals surface area (Å²) in [5.41, 5.74) is 8.34. The first-order valence-corrected chi connectivity index (χ1v) is 13.9. The van der Waals surface area contributed by atoms with Gasteiger partial charge in [-0.2, -0.15) is 5.10 Å². The van der Waals surface area contributed by atoms with E-state index in [-0.39, 0.29) is 18.9 Å². The van der Waals surface area contributed by atoms with Crippen molar-refractivity contribution in [3.63, 3.8) is 0 Å². The van der Waals surface area contributed by atoms with Gasteiger partial charge in [0, 0.05) is 12.2 Å². The zero-order valence-electron chi connectivity index (χ0n) is 18.8. The maximum absolute atomic E-state index is 9.21. The van der Waals surface area contributed by atoms with Crippen LogP contribution >= 0.6 is 11.8 Å². The normalized spacial score (nSPS) is 20.3. The minimum absolute atomic E-state index is 0.0424. The van der Waals surface area contributed by atoms with Gasteiger partial charge in [0.05, 0.1) is 24.7 Å². The first-order valence-electron chi connectivity index (χ1n) is 10.7. The van der Waals surface area contributed by atoms with E-state index in [0.717, 1.165) is 16.8 Å². The van der Waals surface area contributed by atoms with Gasteiger partial charge in [0.25, 0.3) is 0 Å². The van der Waals surface area contributed by atoms with Crippen LogP contribution in [0.3, 0.4) is 0 Å². The molecule has 0 aliphatic carbocycles. The summed E-state index contributed by atoms with van der Waals surface area (Å²) < 4.78 is 14.9. The molecule has 0 saturated carbocycles. The first-order chi connectivity index (χ1) is 14.2. The average molecular weight is 454 g/mol. The third-order valence-electron chi connectivity index (χ3n) is 6.11. The quantitative estimate of drug-likeness (QED) is 0.434. The lowest BCUT2D eigenvalue weighted by Gasteiger charge is -2.43. The van der Waals surface area contributed by atoms with Gasteiger partial charge in [-0.15, -0.1) is 11.8 Å². The van der Waals surface area contributed by atoms with Gasteiger partial charge >= 0.3 is 0 Å². The standard InChI is InChI=1S/C20H35N5O3SSi/c1-12(2)30(13(3)4,14(5)6)28-15-9-16(27-10-15)25-19-17(18(21)22-11-23-19)20(24-25)29-8-7-26/h11-16,26H,7-10H2,1-6H3,(H2,21,22,23)/t15?,16-/m1/s1. The highest BCUT2D eigenvalue weighted by Gasteiger charge is 2.48. The minimum Gasteiger partial charge on any atom is -0.411 e. The number of ether oxygens (including phenoxy) is 1. The van der Waals surface area contributed by atoms with Crippen LogP contribution in [0.2, 0.25) is 16.6 Å². The van der Waals surface area contributed by atoms with Gasteiger partial charge in [-0.25, -0.2) is 14.6 Å². The molecule has 3 rings (SSSR count). The van der Waals surface area contributed by atoms with E-state index in [1.54, 1.807) is 4.68 Å². The zero-order valence-corrected chi connectivity index (χ0v) is 20.6. The second-order valence-electron chi connectivity index (χ2n) is 8.86. The Morgan fingerprint density at radius 1 is 1.23 bits per heavy atom. The van der Waals surface area contributed by atoms with Crippen LogP contribution in [0.5, 0.6) is 0 Å². The fourth-order valence-corrected chi connectivity index (χ4v) is 11.3. The number of aromatic nitrogens is 4. The largest absolute Gasteiger partial charge is 0.411 e. The van der Waals surface area contributed by atoms with Crippen LogP contribution in [-0.2, 0) is 9.16 Å². The molecular formula is C20H35N5O3SSi. The van der Waals surface area contributed by atoms with Gasteiger partial charge in [0.1, 0.15) is 17.2 Å². The van der Waals surface area contributed by atoms with Crippen molar-refractivity contribution < 1.29 is 14.3 Å². The van der Waals surface area contributed by atoms with Gasteiger partial charge < -0.3 is 20.0 Å². The third kappa shape index (κ3) is 4.25. The molecule has 168 valence electrons. The second kappa shape index (κ2) is 9.52. The highest BCUT2D eigenvalue weighted by molar-refractivity contribution is 7.99. The number of fused-ring (bicyclic) bond motifs is 1. The molecule has 1 aliphatic heterocycles. The number of aliphatic hydroxyl groups is 1. The molecule has 3 heterocycles. The Morgan fingerprint density at radius 3 is 2.50 bits per heavy atom. The Hall–Kier alpha value is -1.20. The van der Waals surface area contributed by atoms with Gasteiger partial charge in [0.2, 0.25) is 8.32 Å². The van der Waals surface area contributed by atoms with Crippen LogP contribution in [-0.4, -0.2) is 58.2 Å². The fourth-order valence-electron chi connectivity index (χ4n) is 4.94. The average Bonchev–Trinajstić information content (AvgIpc) is 3.28. The molecule has 1 saturated heterocycles. The number of thioether (sulfide) groups is 1. The maximum atomic E-state index is 9.21. The molecule has 10 heteroatoms. The van der Waals surface area contributed by atoms with Crippen LogP contribution in [0.1, 0.15) is 54.2 Å². The van der Waals surface area contributed by atoms with E-state index in [4.69, 9.17) is 20.0 Å². The van der Waals surface area contributed by atoms with Crippen LogP contribution < -0.4 is 5.73 Å². The van der Waals surface area contributed by atoms with E-state index in [9.17, 15) is 5.11 Å². The predicted octanol–water partition coefficient (Wildman–Crippen LogP) is 3.97. The molecule has 0 amide bonds. The Morgan fingerprint density at radius 2 is 1.90 bits per heavy atom. The van der Waals surface area contributed by atoms with E-state index >= 15 is 0 Å². The van der Waals surface area contributed by atoms with Crippen LogP contribution in [0.4, 0.5) is 5.82 Å². The SMILES string of the molecule is CC(C)[Si](OC1CO[C@@H](n2nc(SCCO)c3c(N)ncnc32)C1)(C(C)C)C(C)C. The van der Waals surface area contributed by atoms with Crippen LogP contribution in [0.15, 0.2) is 11.4 Å². The van der Waals surface area contributed by atoms with Crippen molar-refractivity contribution in [1.29, 1.82) is 0 Å². The minimum atomic E-state index is -1.99. The summed E-state index contributed by atoms with van der Waals surface area (Å²) in [5, 5.41) is 15.4. The lowest BCUT2D eigenvalue weighted by Crippen LogP contribution is -2.50. The Balaban J connectivity index is 1.86. The van der Waals surface area contributed by atoms with E-state index in [1.165, 1.54) is 18.1 Å². The van der Waals surface area contributed by atoms with E-state index in [2.05, 4.69) is 51.5 Å². The molecule has 8 nitrogen and oxygen atoms in total. The van der Waals surface area contributed by atoms with Gasteiger partial charge in [-0.1, -0.05) is 41.5 Å². The van der Waals surface area contributed by atoms with Gasteiger partial charge in [-0.05, 0) is 16.6 Å². The molecule has 2 aromatic rings. The van der Waals surface area contributed by atoms with Crippen LogP contribution in [0, 0.1) is 0 Å². The molecular weight excluding hydrogens is 418 g/mol. The van der Waals surface area contributed by atoms with Crippen molar-refractivity contribution in [3.8, 4) is 0 Å². The summed E-state index contributed by atoms with van der Waals surface area (Å²) in [6.07, 6.45) is 1.97. The highest BCUT2D eigenvalue weighted by Crippen LogP contribution is 2.45. The number of aliphatic hydroxyl groups excluding tert-OH is 1. The maximum Gasteiger partial charge on any atom is 0.200 e. The second-order valence-corrected chi connectivity index (χ2v) is 15.4. The molecule has 1 unspecified atom stereocenters. The van der Waals surface area contributed by atoms with Crippen molar-refractivity contribution in [3.05, 3.63) is 6.33 Å². The monoisotopic (exact) mass is 453 g/mol. The molecule has 0 aromatic carbocycles. The van der Waals surface area contributed by atoms with Crippen molar-refractivity contribution in [2.75, 3.05) is 24.7 Å². The summed E-state index contributed by atoms with van der Waals surface area (Å²) in [4.78, 5) is 8.54. The molecule has 0 radical (unpaired) electrons. The van der Waals surface area contributed by atoms with Crippen molar-refractivity contribution >= 4 is 36.9 Å². The molecule has 0 bridgehead atoms. The number of nitrogen functional groups attached to an aromatic ring is 1. The number of nitrogens with two attached hydrogens (primary N) is 1. The molecule has 2 atom stereocenters. The fraction of sp³-hybridized carbons (Fsp3) is 0.750. The summed E-state index contributed by atoms with van der Waals surface area (Å²) >= 11 is 1.44. The van der Waals surface area contributed by atoms with Crippen LogP contribution in [0.25, 0.3) is 11.0 Å². The van der Waals surface area contributed by atoms with Gasteiger partial charge in [-0.3, -0.25) is 0 Å². The zero-order chi connectivity index (χ0) is 22.1. The number of hydrogen-bond acceptors (Lipinski definition) is 8. The molecule has 3 N–H and O–H groups in total.